The van der Waals surface area contributed by atoms with Crippen molar-refractivity contribution < 1.29 is 14.3 Å². The van der Waals surface area contributed by atoms with E-state index < -0.39 is 0 Å². The molecule has 7 nitrogen and oxygen atoms in total. The predicted molar refractivity (Wildman–Crippen MR) is 115 cm³/mol. The number of hydrogen-bond donors (Lipinski definition) is 2. The highest BCUT2D eigenvalue weighted by Gasteiger charge is 2.11. The molecule has 0 bridgehead atoms. The summed E-state index contributed by atoms with van der Waals surface area (Å²) in [5.41, 5.74) is 2.60. The molecule has 29 heavy (non-hydrogen) atoms. The molecular formula is C22H26N4O3. The Morgan fingerprint density at radius 1 is 1.03 bits per heavy atom. The van der Waals surface area contributed by atoms with Crippen molar-refractivity contribution >= 4 is 28.3 Å². The lowest BCUT2D eigenvalue weighted by Gasteiger charge is -2.26. The fraction of sp³-hybridized carbons (Fsp3) is 0.318. The number of carbonyl (C=O) groups excluding carboxylic acids is 1. The normalized spacial score (nSPS) is 14.7. The van der Waals surface area contributed by atoms with Gasteiger partial charge in [-0.1, -0.05) is 6.07 Å². The van der Waals surface area contributed by atoms with Crippen molar-refractivity contribution in [2.24, 2.45) is 0 Å². The van der Waals surface area contributed by atoms with Crippen LogP contribution < -0.4 is 15.4 Å². The van der Waals surface area contributed by atoms with Gasteiger partial charge < -0.3 is 24.7 Å². The Hall–Kier alpha value is -3.03. The smallest absolute Gasteiger partial charge is 0.323 e. The monoisotopic (exact) mass is 394 g/mol. The summed E-state index contributed by atoms with van der Waals surface area (Å²) in [5.74, 6) is 0.697. The molecule has 2 N–H and O–H groups in total. The summed E-state index contributed by atoms with van der Waals surface area (Å²) in [7, 11) is 1.60. The molecule has 1 aromatic heterocycles. The number of methoxy groups -OCH3 is 1. The highest BCUT2D eigenvalue weighted by molar-refractivity contribution is 6.01. The average Bonchev–Trinajstić information content (AvgIpc) is 3.15. The van der Waals surface area contributed by atoms with Crippen LogP contribution >= 0.6 is 0 Å². The van der Waals surface area contributed by atoms with Crippen LogP contribution in [0.4, 0.5) is 16.2 Å². The average molecular weight is 394 g/mol. The van der Waals surface area contributed by atoms with Crippen LogP contribution in [-0.4, -0.2) is 55.5 Å². The number of amides is 2. The van der Waals surface area contributed by atoms with Gasteiger partial charge in [0.15, 0.2) is 0 Å². The van der Waals surface area contributed by atoms with E-state index in [-0.39, 0.29) is 6.03 Å². The number of nitrogens with zero attached hydrogens (tertiary/aromatic N) is 2. The van der Waals surface area contributed by atoms with E-state index in [2.05, 4.69) is 38.4 Å². The first-order valence-corrected chi connectivity index (χ1v) is 9.82. The summed E-state index contributed by atoms with van der Waals surface area (Å²) in [6.45, 7) is 5.58. The molecule has 152 valence electrons. The molecule has 0 spiro atoms. The maximum atomic E-state index is 12.3. The molecule has 1 aliphatic rings. The number of aromatic nitrogens is 1. The van der Waals surface area contributed by atoms with Crippen molar-refractivity contribution in [2.75, 3.05) is 50.6 Å². The van der Waals surface area contributed by atoms with Gasteiger partial charge in [0.05, 0.1) is 20.3 Å². The molecule has 0 radical (unpaired) electrons. The number of anilines is 2. The number of rotatable bonds is 6. The highest BCUT2D eigenvalue weighted by atomic mass is 16.5. The van der Waals surface area contributed by atoms with E-state index in [1.807, 2.05) is 30.3 Å². The van der Waals surface area contributed by atoms with E-state index >= 15 is 0 Å². The number of urea groups is 1. The van der Waals surface area contributed by atoms with Gasteiger partial charge in [-0.25, -0.2) is 4.79 Å². The van der Waals surface area contributed by atoms with Crippen LogP contribution in [-0.2, 0) is 11.3 Å². The topological polar surface area (TPSA) is 67.8 Å². The van der Waals surface area contributed by atoms with Crippen molar-refractivity contribution in [1.29, 1.82) is 0 Å². The molecule has 1 aliphatic heterocycles. The molecule has 0 aliphatic carbocycles. The summed E-state index contributed by atoms with van der Waals surface area (Å²) in [5, 5.41) is 6.82. The zero-order valence-corrected chi connectivity index (χ0v) is 16.6. The lowest BCUT2D eigenvalue weighted by atomic mass is 10.2. The number of hydrogen-bond acceptors (Lipinski definition) is 4. The molecule has 2 aromatic carbocycles. The van der Waals surface area contributed by atoms with Gasteiger partial charge in [0, 0.05) is 60.7 Å². The molecule has 2 amide bonds. The Morgan fingerprint density at radius 3 is 2.62 bits per heavy atom. The van der Waals surface area contributed by atoms with Crippen LogP contribution in [0.15, 0.2) is 54.7 Å². The Morgan fingerprint density at radius 2 is 1.83 bits per heavy atom. The van der Waals surface area contributed by atoms with Gasteiger partial charge in [-0.2, -0.15) is 0 Å². The minimum absolute atomic E-state index is 0.288. The third-order valence-corrected chi connectivity index (χ3v) is 5.12. The van der Waals surface area contributed by atoms with Gasteiger partial charge in [-0.15, -0.1) is 0 Å². The second kappa shape index (κ2) is 8.98. The van der Waals surface area contributed by atoms with Gasteiger partial charge in [-0.05, 0) is 36.4 Å². The minimum Gasteiger partial charge on any atom is -0.497 e. The number of benzene rings is 2. The van der Waals surface area contributed by atoms with E-state index in [1.54, 1.807) is 13.2 Å². The number of morpholine rings is 1. The molecule has 4 rings (SSSR count). The Kier molecular flexibility index (Phi) is 5.97. The van der Waals surface area contributed by atoms with Crippen LogP contribution in [0.2, 0.25) is 0 Å². The Bertz CT molecular complexity index is 979. The first kappa shape index (κ1) is 19.3. The van der Waals surface area contributed by atoms with Crippen LogP contribution in [0.5, 0.6) is 5.75 Å². The second-order valence-electron chi connectivity index (χ2n) is 7.05. The van der Waals surface area contributed by atoms with Crippen LogP contribution in [0.1, 0.15) is 0 Å². The maximum Gasteiger partial charge on any atom is 0.323 e. The maximum absolute atomic E-state index is 12.3. The van der Waals surface area contributed by atoms with Gasteiger partial charge in [0.2, 0.25) is 0 Å². The summed E-state index contributed by atoms with van der Waals surface area (Å²) in [4.78, 5) is 14.7. The van der Waals surface area contributed by atoms with Crippen LogP contribution in [0, 0.1) is 0 Å². The Balaban J connectivity index is 1.37. The molecule has 3 aromatic rings. The number of fused-ring (bicyclic) bond motifs is 1. The Labute approximate surface area is 170 Å². The zero-order valence-electron chi connectivity index (χ0n) is 16.6. The lowest BCUT2D eigenvalue weighted by molar-refractivity contribution is 0.0365. The first-order valence-electron chi connectivity index (χ1n) is 9.82. The van der Waals surface area contributed by atoms with Gasteiger partial charge in [0.25, 0.3) is 0 Å². The van der Waals surface area contributed by atoms with Crippen molar-refractivity contribution in [3.05, 3.63) is 54.7 Å². The third-order valence-electron chi connectivity index (χ3n) is 5.12. The van der Waals surface area contributed by atoms with Gasteiger partial charge in [-0.3, -0.25) is 4.90 Å². The first-order chi connectivity index (χ1) is 14.2. The summed E-state index contributed by atoms with van der Waals surface area (Å²) < 4.78 is 12.8. The number of nitrogens with one attached hydrogen (secondary N) is 2. The van der Waals surface area contributed by atoms with Crippen LogP contribution in [0.3, 0.4) is 0 Å². The second-order valence-corrected chi connectivity index (χ2v) is 7.05. The van der Waals surface area contributed by atoms with Gasteiger partial charge in [0.1, 0.15) is 5.75 Å². The summed E-state index contributed by atoms with van der Waals surface area (Å²) >= 11 is 0. The fourth-order valence-electron chi connectivity index (χ4n) is 3.54. The number of ether oxygens (including phenoxy) is 2. The zero-order chi connectivity index (χ0) is 20.1. The SMILES string of the molecule is COc1cccc(NC(=O)Nc2ccc3c(ccn3CCN3CCOCC3)c2)c1. The molecule has 0 saturated carbocycles. The third kappa shape index (κ3) is 4.88. The van der Waals surface area contributed by atoms with Crippen molar-refractivity contribution in [1.82, 2.24) is 9.47 Å². The molecule has 1 fully saturated rings. The molecule has 0 atom stereocenters. The standard InChI is InChI=1S/C22H26N4O3/c1-28-20-4-2-3-18(16-20)23-22(27)24-19-5-6-21-17(15-19)7-8-26(21)10-9-25-11-13-29-14-12-25/h2-8,15-16H,9-14H2,1H3,(H2,23,24,27). The van der Waals surface area contributed by atoms with E-state index in [0.29, 0.717) is 11.4 Å². The van der Waals surface area contributed by atoms with Crippen LogP contribution in [0.25, 0.3) is 10.9 Å². The molecule has 1 saturated heterocycles. The van der Waals surface area contributed by atoms with Crippen molar-refractivity contribution in [2.45, 2.75) is 6.54 Å². The largest absolute Gasteiger partial charge is 0.497 e. The molecule has 2 heterocycles. The van der Waals surface area contributed by atoms with E-state index in [0.717, 1.165) is 56.0 Å². The predicted octanol–water partition coefficient (Wildman–Crippen LogP) is 3.63. The van der Waals surface area contributed by atoms with Crippen molar-refractivity contribution in [3.8, 4) is 5.75 Å². The highest BCUT2D eigenvalue weighted by Crippen LogP contribution is 2.22. The minimum atomic E-state index is -0.288. The van der Waals surface area contributed by atoms with E-state index in [9.17, 15) is 4.79 Å². The number of carbonyl (C=O) groups is 1. The quantitative estimate of drug-likeness (QED) is 0.670. The molecular weight excluding hydrogens is 368 g/mol. The van der Waals surface area contributed by atoms with E-state index in [4.69, 9.17) is 9.47 Å². The summed E-state index contributed by atoms with van der Waals surface area (Å²) in [6.07, 6.45) is 2.10. The molecule has 0 unspecified atom stereocenters. The molecule has 7 heteroatoms. The summed E-state index contributed by atoms with van der Waals surface area (Å²) in [6, 6.07) is 15.0. The van der Waals surface area contributed by atoms with Crippen molar-refractivity contribution in [3.63, 3.8) is 0 Å². The van der Waals surface area contributed by atoms with Gasteiger partial charge >= 0.3 is 6.03 Å². The van der Waals surface area contributed by atoms with E-state index in [1.165, 1.54) is 0 Å². The lowest BCUT2D eigenvalue weighted by Crippen LogP contribution is -2.38. The fourth-order valence-corrected chi connectivity index (χ4v) is 3.54.